The minimum Gasteiger partial charge on any atom is -0.487 e. The molecule has 1 aromatic heterocycles. The maximum Gasteiger partial charge on any atom is 0.336 e. The van der Waals surface area contributed by atoms with E-state index in [9.17, 15) is 4.79 Å². The van der Waals surface area contributed by atoms with Gasteiger partial charge >= 0.3 is 5.63 Å². The molecule has 2 aromatic rings. The summed E-state index contributed by atoms with van der Waals surface area (Å²) in [5, 5.41) is 0.954. The third-order valence-electron chi connectivity index (χ3n) is 4.34. The van der Waals surface area contributed by atoms with Gasteiger partial charge in [0.15, 0.2) is 0 Å². The summed E-state index contributed by atoms with van der Waals surface area (Å²) in [6.07, 6.45) is 6.09. The van der Waals surface area contributed by atoms with E-state index in [1.165, 1.54) is 11.6 Å². The lowest BCUT2D eigenvalue weighted by Gasteiger charge is -2.36. The van der Waals surface area contributed by atoms with Gasteiger partial charge in [-0.2, -0.15) is 0 Å². The molecule has 3 heteroatoms. The molecular formula is C19H22O3. The Morgan fingerprint density at radius 3 is 2.82 bits per heavy atom. The van der Waals surface area contributed by atoms with Crippen molar-refractivity contribution in [2.45, 2.75) is 52.1 Å². The molecule has 3 rings (SSSR count). The summed E-state index contributed by atoms with van der Waals surface area (Å²) in [7, 11) is 0. The molecule has 1 aliphatic rings. The van der Waals surface area contributed by atoms with Crippen molar-refractivity contribution in [3.63, 3.8) is 0 Å². The van der Waals surface area contributed by atoms with E-state index in [0.717, 1.165) is 42.4 Å². The molecule has 1 aromatic carbocycles. The number of rotatable bonds is 3. The van der Waals surface area contributed by atoms with Crippen molar-refractivity contribution < 1.29 is 9.15 Å². The van der Waals surface area contributed by atoms with Gasteiger partial charge in [-0.25, -0.2) is 4.79 Å². The first-order valence-electron chi connectivity index (χ1n) is 7.85. The van der Waals surface area contributed by atoms with Crippen LogP contribution in [0.5, 0.6) is 5.75 Å². The minimum atomic E-state index is -0.308. The Morgan fingerprint density at radius 1 is 1.27 bits per heavy atom. The first-order valence-corrected chi connectivity index (χ1v) is 7.85. The van der Waals surface area contributed by atoms with Gasteiger partial charge in [-0.1, -0.05) is 11.6 Å². The van der Waals surface area contributed by atoms with Crippen molar-refractivity contribution >= 4 is 11.0 Å². The summed E-state index contributed by atoms with van der Waals surface area (Å²) >= 11 is 0. The van der Waals surface area contributed by atoms with Crippen LogP contribution in [-0.2, 0) is 6.42 Å². The summed E-state index contributed by atoms with van der Waals surface area (Å²) in [5.74, 6) is 0.854. The summed E-state index contributed by atoms with van der Waals surface area (Å²) in [6.45, 7) is 6.40. The number of ether oxygens (including phenoxy) is 1. The van der Waals surface area contributed by atoms with Crippen molar-refractivity contribution in [3.8, 4) is 5.75 Å². The zero-order valence-electron chi connectivity index (χ0n) is 13.4. The molecule has 22 heavy (non-hydrogen) atoms. The number of fused-ring (bicyclic) bond motifs is 3. The fraction of sp³-hybridized carbons (Fsp3) is 0.421. The van der Waals surface area contributed by atoms with E-state index in [-0.39, 0.29) is 11.2 Å². The second-order valence-corrected chi connectivity index (χ2v) is 6.59. The molecule has 0 amide bonds. The molecule has 1 unspecified atom stereocenters. The standard InChI is InChI=1S/C19H22O3/c1-13(2)5-4-11-19(3)12-10-15-16(22-19)8-6-14-7-9-17(20)21-18(14)15/h5-9H,4,10-12H2,1-3H3. The van der Waals surface area contributed by atoms with Crippen molar-refractivity contribution in [2.24, 2.45) is 0 Å². The van der Waals surface area contributed by atoms with Crippen LogP contribution in [-0.4, -0.2) is 5.60 Å². The predicted molar refractivity (Wildman–Crippen MR) is 88.5 cm³/mol. The number of hydrogen-bond acceptors (Lipinski definition) is 3. The monoisotopic (exact) mass is 298 g/mol. The number of aryl methyl sites for hydroxylation is 1. The summed E-state index contributed by atoms with van der Waals surface area (Å²) < 4.78 is 11.7. The summed E-state index contributed by atoms with van der Waals surface area (Å²) in [6, 6.07) is 7.22. The average Bonchev–Trinajstić information content (AvgIpc) is 2.46. The lowest BCUT2D eigenvalue weighted by atomic mass is 9.88. The molecule has 0 saturated heterocycles. The van der Waals surface area contributed by atoms with Crippen LogP contribution < -0.4 is 10.4 Å². The predicted octanol–water partition coefficient (Wildman–Crippen LogP) is 4.62. The van der Waals surface area contributed by atoms with Crippen LogP contribution in [0.1, 0.15) is 45.6 Å². The molecule has 0 spiro atoms. The Morgan fingerprint density at radius 2 is 2.05 bits per heavy atom. The molecule has 0 saturated carbocycles. The van der Waals surface area contributed by atoms with Crippen LogP contribution >= 0.6 is 0 Å². The van der Waals surface area contributed by atoms with E-state index < -0.39 is 0 Å². The van der Waals surface area contributed by atoms with E-state index in [2.05, 4.69) is 26.8 Å². The van der Waals surface area contributed by atoms with Gasteiger partial charge in [-0.05, 0) is 64.7 Å². The number of hydrogen-bond donors (Lipinski definition) is 0. The molecule has 0 fully saturated rings. The second-order valence-electron chi connectivity index (χ2n) is 6.59. The first kappa shape index (κ1) is 14.9. The van der Waals surface area contributed by atoms with Gasteiger partial charge in [-0.15, -0.1) is 0 Å². The topological polar surface area (TPSA) is 39.4 Å². The van der Waals surface area contributed by atoms with E-state index in [0.29, 0.717) is 5.58 Å². The highest BCUT2D eigenvalue weighted by Gasteiger charge is 2.32. The highest BCUT2D eigenvalue weighted by molar-refractivity contribution is 5.82. The molecule has 0 aliphatic carbocycles. The van der Waals surface area contributed by atoms with Crippen LogP contribution in [0.3, 0.4) is 0 Å². The van der Waals surface area contributed by atoms with Gasteiger partial charge in [-0.3, -0.25) is 0 Å². The Balaban J connectivity index is 1.90. The Hall–Kier alpha value is -2.03. The lowest BCUT2D eigenvalue weighted by molar-refractivity contribution is 0.0574. The highest BCUT2D eigenvalue weighted by atomic mass is 16.5. The van der Waals surface area contributed by atoms with Gasteiger partial charge in [0.25, 0.3) is 0 Å². The van der Waals surface area contributed by atoms with E-state index in [1.807, 2.05) is 18.2 Å². The van der Waals surface area contributed by atoms with Crippen LogP contribution in [0.25, 0.3) is 11.0 Å². The Kier molecular flexibility index (Phi) is 3.81. The minimum absolute atomic E-state index is 0.151. The van der Waals surface area contributed by atoms with Crippen LogP contribution in [0.15, 0.2) is 45.1 Å². The fourth-order valence-corrected chi connectivity index (χ4v) is 3.05. The van der Waals surface area contributed by atoms with Crippen molar-refractivity contribution in [3.05, 3.63) is 51.9 Å². The smallest absolute Gasteiger partial charge is 0.336 e. The van der Waals surface area contributed by atoms with Crippen molar-refractivity contribution in [2.75, 3.05) is 0 Å². The maximum atomic E-state index is 11.5. The van der Waals surface area contributed by atoms with Gasteiger partial charge in [0.05, 0.1) is 0 Å². The Bertz CT molecular complexity index is 781. The Labute approximate surface area is 130 Å². The first-order chi connectivity index (χ1) is 10.5. The van der Waals surface area contributed by atoms with Crippen molar-refractivity contribution in [1.82, 2.24) is 0 Å². The van der Waals surface area contributed by atoms with E-state index >= 15 is 0 Å². The zero-order chi connectivity index (χ0) is 15.7. The van der Waals surface area contributed by atoms with E-state index in [1.54, 1.807) is 0 Å². The zero-order valence-corrected chi connectivity index (χ0v) is 13.4. The highest BCUT2D eigenvalue weighted by Crippen LogP contribution is 2.39. The van der Waals surface area contributed by atoms with E-state index in [4.69, 9.17) is 9.15 Å². The normalized spacial score (nSPS) is 20.3. The molecule has 2 heterocycles. The third-order valence-corrected chi connectivity index (χ3v) is 4.34. The molecular weight excluding hydrogens is 276 g/mol. The van der Waals surface area contributed by atoms with Gasteiger partial charge in [0, 0.05) is 17.0 Å². The van der Waals surface area contributed by atoms with Crippen LogP contribution in [0.2, 0.25) is 0 Å². The van der Waals surface area contributed by atoms with Crippen molar-refractivity contribution in [1.29, 1.82) is 0 Å². The molecule has 1 atom stereocenters. The lowest BCUT2D eigenvalue weighted by Crippen LogP contribution is -2.36. The quantitative estimate of drug-likeness (QED) is 0.613. The summed E-state index contributed by atoms with van der Waals surface area (Å²) in [5.41, 5.74) is 2.58. The number of benzene rings is 1. The molecule has 0 bridgehead atoms. The van der Waals surface area contributed by atoms with Crippen LogP contribution in [0.4, 0.5) is 0 Å². The van der Waals surface area contributed by atoms with Gasteiger partial charge in [0.2, 0.25) is 0 Å². The fourth-order valence-electron chi connectivity index (χ4n) is 3.05. The van der Waals surface area contributed by atoms with Gasteiger partial charge in [0.1, 0.15) is 16.9 Å². The average molecular weight is 298 g/mol. The molecule has 116 valence electrons. The third kappa shape index (κ3) is 2.94. The molecule has 0 N–H and O–H groups in total. The molecule has 0 radical (unpaired) electrons. The second kappa shape index (κ2) is 5.64. The SMILES string of the molecule is CC(C)=CCCC1(C)CCc2c(ccc3ccc(=O)oc23)O1. The largest absolute Gasteiger partial charge is 0.487 e. The number of allylic oxidation sites excluding steroid dienone is 2. The van der Waals surface area contributed by atoms with Gasteiger partial charge < -0.3 is 9.15 Å². The van der Waals surface area contributed by atoms with Crippen LogP contribution in [0, 0.1) is 0 Å². The molecule has 1 aliphatic heterocycles. The maximum absolute atomic E-state index is 11.5. The summed E-state index contributed by atoms with van der Waals surface area (Å²) in [4.78, 5) is 11.5. The molecule has 3 nitrogen and oxygen atoms in total.